The topological polar surface area (TPSA) is 3.24 Å². The molecule has 4 aromatic carbocycles. The second-order valence-corrected chi connectivity index (χ2v) is 14.0. The largest absolute Gasteiger partial charge is 0.242 e. The second-order valence-electron chi connectivity index (χ2n) is 9.46. The third-order valence-corrected chi connectivity index (χ3v) is 12.0. The zero-order valence-electron chi connectivity index (χ0n) is 21.2. The van der Waals surface area contributed by atoms with Gasteiger partial charge in [0, 0.05) is 22.2 Å². The molecule has 180 valence electrons. The normalized spacial score (nSPS) is 12.5. The lowest BCUT2D eigenvalue weighted by atomic mass is 10.0. The van der Waals surface area contributed by atoms with Crippen molar-refractivity contribution >= 4 is 37.4 Å². The standard InChI is InChI=1S/C32H37NP2/c1-27(2)17-16-18-28(3)33(34(29-19-8-4-9-20-29)30-21-10-5-11-22-30)35(31-23-12-6-13-24-31)32-25-14-7-15-26-32/h4-15,19-28H,16-18H2,1-3H3. The van der Waals surface area contributed by atoms with Gasteiger partial charge in [-0.15, -0.1) is 0 Å². The van der Waals surface area contributed by atoms with E-state index in [0.717, 1.165) is 5.92 Å². The van der Waals surface area contributed by atoms with Gasteiger partial charge >= 0.3 is 0 Å². The Morgan fingerprint density at radius 2 is 0.800 bits per heavy atom. The maximum Gasteiger partial charge on any atom is 0.0325 e. The Balaban J connectivity index is 1.88. The van der Waals surface area contributed by atoms with Crippen LogP contribution in [0, 0.1) is 5.92 Å². The number of nitrogens with zero attached hydrogens (tertiary/aromatic N) is 1. The highest BCUT2D eigenvalue weighted by Gasteiger charge is 2.34. The van der Waals surface area contributed by atoms with Gasteiger partial charge in [-0.1, -0.05) is 148 Å². The van der Waals surface area contributed by atoms with Crippen LogP contribution in [0.5, 0.6) is 0 Å². The summed E-state index contributed by atoms with van der Waals surface area (Å²) in [5.41, 5.74) is 0. The van der Waals surface area contributed by atoms with Crippen molar-refractivity contribution in [2.45, 2.75) is 46.1 Å². The van der Waals surface area contributed by atoms with Crippen LogP contribution < -0.4 is 21.2 Å². The summed E-state index contributed by atoms with van der Waals surface area (Å²) in [6, 6.07) is 45.2. The summed E-state index contributed by atoms with van der Waals surface area (Å²) in [5, 5.41) is 5.68. The van der Waals surface area contributed by atoms with Crippen LogP contribution >= 0.6 is 16.1 Å². The van der Waals surface area contributed by atoms with E-state index >= 15 is 0 Å². The van der Waals surface area contributed by atoms with Gasteiger partial charge < -0.3 is 0 Å². The number of benzene rings is 4. The Bertz CT molecular complexity index is 955. The molecule has 0 radical (unpaired) electrons. The number of rotatable bonds is 11. The highest BCUT2D eigenvalue weighted by Crippen LogP contribution is 2.56. The molecule has 0 bridgehead atoms. The van der Waals surface area contributed by atoms with Crippen LogP contribution in [0.2, 0.25) is 0 Å². The third kappa shape index (κ3) is 6.89. The van der Waals surface area contributed by atoms with Gasteiger partial charge in [-0.25, -0.2) is 4.44 Å². The van der Waals surface area contributed by atoms with E-state index in [-0.39, 0.29) is 0 Å². The van der Waals surface area contributed by atoms with Gasteiger partial charge in [-0.05, 0) is 40.5 Å². The smallest absolute Gasteiger partial charge is 0.0325 e. The predicted molar refractivity (Wildman–Crippen MR) is 158 cm³/mol. The van der Waals surface area contributed by atoms with Gasteiger partial charge in [0.2, 0.25) is 0 Å². The minimum absolute atomic E-state index is 0.451. The lowest BCUT2D eigenvalue weighted by molar-refractivity contribution is 0.445. The van der Waals surface area contributed by atoms with E-state index < -0.39 is 16.1 Å². The molecule has 0 saturated carbocycles. The van der Waals surface area contributed by atoms with Crippen molar-refractivity contribution in [3.63, 3.8) is 0 Å². The van der Waals surface area contributed by atoms with E-state index in [0.29, 0.717) is 6.04 Å². The zero-order valence-corrected chi connectivity index (χ0v) is 23.0. The van der Waals surface area contributed by atoms with Crippen LogP contribution in [-0.4, -0.2) is 10.5 Å². The van der Waals surface area contributed by atoms with Crippen LogP contribution in [0.1, 0.15) is 40.0 Å². The van der Waals surface area contributed by atoms with Gasteiger partial charge in [0.05, 0.1) is 0 Å². The molecule has 1 nitrogen and oxygen atoms in total. The van der Waals surface area contributed by atoms with Crippen molar-refractivity contribution in [3.8, 4) is 0 Å². The van der Waals surface area contributed by atoms with Gasteiger partial charge in [0.1, 0.15) is 0 Å². The fourth-order valence-corrected chi connectivity index (χ4v) is 10.8. The molecule has 0 fully saturated rings. The fourth-order valence-electron chi connectivity index (χ4n) is 4.47. The molecule has 0 aliphatic carbocycles. The maximum atomic E-state index is 2.90. The van der Waals surface area contributed by atoms with E-state index in [1.54, 1.807) is 0 Å². The highest BCUT2D eigenvalue weighted by atomic mass is 31.2. The summed E-state index contributed by atoms with van der Waals surface area (Å²) >= 11 is 0. The summed E-state index contributed by atoms with van der Waals surface area (Å²) in [6.07, 6.45) is 3.74. The monoisotopic (exact) mass is 497 g/mol. The first kappa shape index (κ1) is 25.8. The fraction of sp³-hybridized carbons (Fsp3) is 0.250. The number of hydrogen-bond donors (Lipinski definition) is 0. The van der Waals surface area contributed by atoms with E-state index in [9.17, 15) is 0 Å². The molecule has 35 heavy (non-hydrogen) atoms. The molecule has 0 aliphatic heterocycles. The summed E-state index contributed by atoms with van der Waals surface area (Å²) in [7, 11) is -1.42. The second kappa shape index (κ2) is 13.1. The molecule has 4 rings (SSSR count). The Hall–Kier alpha value is -2.30. The van der Waals surface area contributed by atoms with Gasteiger partial charge in [-0.2, -0.15) is 0 Å². The molecule has 0 spiro atoms. The Morgan fingerprint density at radius 1 is 0.486 bits per heavy atom. The van der Waals surface area contributed by atoms with Gasteiger partial charge in [0.25, 0.3) is 0 Å². The van der Waals surface area contributed by atoms with E-state index in [2.05, 4.69) is 147 Å². The van der Waals surface area contributed by atoms with Crippen molar-refractivity contribution < 1.29 is 0 Å². The first-order valence-electron chi connectivity index (χ1n) is 12.7. The van der Waals surface area contributed by atoms with E-state index in [1.165, 1.54) is 40.5 Å². The maximum absolute atomic E-state index is 2.90. The molecular formula is C32H37NP2. The van der Waals surface area contributed by atoms with E-state index in [4.69, 9.17) is 0 Å². The first-order valence-corrected chi connectivity index (χ1v) is 15.3. The van der Waals surface area contributed by atoms with Gasteiger partial charge in [0.15, 0.2) is 0 Å². The van der Waals surface area contributed by atoms with Crippen LogP contribution in [-0.2, 0) is 0 Å². The molecule has 3 heteroatoms. The molecular weight excluding hydrogens is 460 g/mol. The molecule has 0 saturated heterocycles. The van der Waals surface area contributed by atoms with Gasteiger partial charge in [-0.3, -0.25) is 0 Å². The van der Waals surface area contributed by atoms with Crippen molar-refractivity contribution in [2.75, 3.05) is 0 Å². The molecule has 4 aromatic rings. The quantitative estimate of drug-likeness (QED) is 0.193. The average Bonchev–Trinajstić information content (AvgIpc) is 2.90. The average molecular weight is 498 g/mol. The molecule has 0 N–H and O–H groups in total. The predicted octanol–water partition coefficient (Wildman–Crippen LogP) is 7.60. The minimum Gasteiger partial charge on any atom is -0.242 e. The summed E-state index contributed by atoms with van der Waals surface area (Å²) in [4.78, 5) is 0. The van der Waals surface area contributed by atoms with Crippen molar-refractivity contribution in [2.24, 2.45) is 5.92 Å². The summed E-state index contributed by atoms with van der Waals surface area (Å²) < 4.78 is 2.90. The van der Waals surface area contributed by atoms with Crippen molar-refractivity contribution in [1.29, 1.82) is 0 Å². The zero-order chi connectivity index (χ0) is 24.5. The summed E-state index contributed by atoms with van der Waals surface area (Å²) in [6.45, 7) is 7.14. The highest BCUT2D eigenvalue weighted by molar-refractivity contribution is 7.84. The van der Waals surface area contributed by atoms with Crippen molar-refractivity contribution in [1.82, 2.24) is 4.44 Å². The van der Waals surface area contributed by atoms with Crippen LogP contribution in [0.25, 0.3) is 0 Å². The Morgan fingerprint density at radius 3 is 1.09 bits per heavy atom. The van der Waals surface area contributed by atoms with Crippen LogP contribution in [0.15, 0.2) is 121 Å². The molecule has 0 heterocycles. The van der Waals surface area contributed by atoms with Crippen LogP contribution in [0.4, 0.5) is 0 Å². The Kier molecular flexibility index (Phi) is 9.67. The summed E-state index contributed by atoms with van der Waals surface area (Å²) in [5.74, 6) is 0.741. The molecule has 1 atom stereocenters. The molecule has 0 amide bonds. The molecule has 1 unspecified atom stereocenters. The molecule has 0 aromatic heterocycles. The van der Waals surface area contributed by atoms with Crippen LogP contribution in [0.3, 0.4) is 0 Å². The lowest BCUT2D eigenvalue weighted by Gasteiger charge is -2.43. The minimum atomic E-state index is -0.710. The number of hydrogen-bond acceptors (Lipinski definition) is 1. The Labute approximate surface area is 214 Å². The van der Waals surface area contributed by atoms with Crippen molar-refractivity contribution in [3.05, 3.63) is 121 Å². The first-order chi connectivity index (χ1) is 17.1. The molecule has 0 aliphatic rings. The third-order valence-electron chi connectivity index (χ3n) is 6.21. The van der Waals surface area contributed by atoms with E-state index in [1.807, 2.05) is 0 Å². The lowest BCUT2D eigenvalue weighted by Crippen LogP contribution is -2.37. The SMILES string of the molecule is CC(C)CCCC(C)N(P(c1ccccc1)c1ccccc1)P(c1ccccc1)c1ccccc1.